The molecule has 2 amide bonds. The normalized spacial score (nSPS) is 13.7. The Hall–Kier alpha value is -2.33. The Morgan fingerprint density at radius 1 is 1.17 bits per heavy atom. The van der Waals surface area contributed by atoms with Crippen molar-refractivity contribution in [2.75, 3.05) is 10.6 Å². The van der Waals surface area contributed by atoms with Gasteiger partial charge in [0.1, 0.15) is 0 Å². The molecule has 1 aliphatic rings. The number of hydrogen-bond acceptors (Lipinski definition) is 2. The molecule has 4 nitrogen and oxygen atoms in total. The van der Waals surface area contributed by atoms with Crippen molar-refractivity contribution in [3.63, 3.8) is 0 Å². The molecule has 0 fully saturated rings. The van der Waals surface area contributed by atoms with Crippen molar-refractivity contribution in [1.29, 1.82) is 0 Å². The third-order valence-corrected chi connectivity index (χ3v) is 4.46. The lowest BCUT2D eigenvalue weighted by Gasteiger charge is -2.13. The van der Waals surface area contributed by atoms with Gasteiger partial charge in [0.2, 0.25) is 5.91 Å². The number of nitrogens with one attached hydrogen (secondary N) is 2. The Morgan fingerprint density at radius 3 is 2.71 bits per heavy atom. The molecule has 0 spiro atoms. The summed E-state index contributed by atoms with van der Waals surface area (Å²) in [6, 6.07) is 9.16. The van der Waals surface area contributed by atoms with Gasteiger partial charge < -0.3 is 10.6 Å². The van der Waals surface area contributed by atoms with Gasteiger partial charge in [0.15, 0.2) is 0 Å². The number of fused-ring (bicyclic) bond motifs is 1. The summed E-state index contributed by atoms with van der Waals surface area (Å²) in [5, 5.41) is 6.30. The molecule has 1 heterocycles. The predicted molar refractivity (Wildman–Crippen MR) is 96.9 cm³/mol. The van der Waals surface area contributed by atoms with Crippen molar-refractivity contribution in [3.8, 4) is 0 Å². The molecule has 2 N–H and O–H groups in total. The van der Waals surface area contributed by atoms with Gasteiger partial charge in [-0.2, -0.15) is 0 Å². The lowest BCUT2D eigenvalue weighted by molar-refractivity contribution is -0.116. The van der Waals surface area contributed by atoms with Crippen LogP contribution in [0.3, 0.4) is 0 Å². The molecule has 0 aromatic heterocycles. The summed E-state index contributed by atoms with van der Waals surface area (Å²) in [7, 11) is 0. The average molecular weight is 343 g/mol. The monoisotopic (exact) mass is 342 g/mol. The zero-order chi connectivity index (χ0) is 17.3. The number of anilines is 2. The topological polar surface area (TPSA) is 58.2 Å². The second-order valence-corrected chi connectivity index (χ2v) is 6.57. The minimum Gasteiger partial charge on any atom is -0.326 e. The van der Waals surface area contributed by atoms with Crippen LogP contribution >= 0.6 is 11.6 Å². The van der Waals surface area contributed by atoms with Gasteiger partial charge in [-0.25, -0.2) is 0 Å². The second-order valence-electron chi connectivity index (χ2n) is 6.17. The zero-order valence-electron chi connectivity index (χ0n) is 13.7. The Balaban J connectivity index is 1.86. The number of carbonyl (C=O) groups excluding carboxylic acids is 2. The number of carbonyl (C=O) groups is 2. The quantitative estimate of drug-likeness (QED) is 0.845. The number of amides is 2. The summed E-state index contributed by atoms with van der Waals surface area (Å²) in [5.74, 6) is -0.185. The van der Waals surface area contributed by atoms with Crippen LogP contribution in [0.5, 0.6) is 0 Å². The minimum absolute atomic E-state index is 0.0213. The Morgan fingerprint density at radius 2 is 1.96 bits per heavy atom. The summed E-state index contributed by atoms with van der Waals surface area (Å²) in [6.07, 6.45) is 2.07. The molecule has 3 rings (SSSR count). The summed E-state index contributed by atoms with van der Waals surface area (Å²) in [5.41, 5.74) is 4.95. The minimum atomic E-state index is -0.206. The highest BCUT2D eigenvalue weighted by Gasteiger charge is 2.16. The lowest BCUT2D eigenvalue weighted by atomic mass is 10.0. The molecule has 0 atom stereocenters. The van der Waals surface area contributed by atoms with Gasteiger partial charge in [0, 0.05) is 17.7 Å². The first kappa shape index (κ1) is 16.5. The van der Waals surface area contributed by atoms with E-state index in [0.717, 1.165) is 35.2 Å². The van der Waals surface area contributed by atoms with E-state index in [0.29, 0.717) is 22.7 Å². The van der Waals surface area contributed by atoms with E-state index in [9.17, 15) is 9.59 Å². The maximum atomic E-state index is 12.6. The van der Waals surface area contributed by atoms with E-state index in [1.54, 1.807) is 12.1 Å². The first-order valence-corrected chi connectivity index (χ1v) is 8.33. The van der Waals surface area contributed by atoms with Crippen molar-refractivity contribution in [1.82, 2.24) is 0 Å². The number of aryl methyl sites for hydroxylation is 3. The van der Waals surface area contributed by atoms with E-state index in [4.69, 9.17) is 11.6 Å². The van der Waals surface area contributed by atoms with E-state index in [-0.39, 0.29) is 11.8 Å². The summed E-state index contributed by atoms with van der Waals surface area (Å²) >= 11 is 6.26. The van der Waals surface area contributed by atoms with Gasteiger partial charge in [-0.1, -0.05) is 17.7 Å². The van der Waals surface area contributed by atoms with Gasteiger partial charge >= 0.3 is 0 Å². The maximum absolute atomic E-state index is 12.6. The second kappa shape index (κ2) is 6.65. The summed E-state index contributed by atoms with van der Waals surface area (Å²) in [6.45, 7) is 3.88. The van der Waals surface area contributed by atoms with E-state index in [2.05, 4.69) is 10.6 Å². The number of hydrogen-bond donors (Lipinski definition) is 2. The molecular weight excluding hydrogens is 324 g/mol. The van der Waals surface area contributed by atoms with Crippen LogP contribution < -0.4 is 10.6 Å². The molecule has 0 bridgehead atoms. The number of benzene rings is 2. The highest BCUT2D eigenvalue weighted by molar-refractivity contribution is 6.34. The Bertz CT molecular complexity index is 807. The van der Waals surface area contributed by atoms with Crippen LogP contribution in [0, 0.1) is 13.8 Å². The van der Waals surface area contributed by atoms with Gasteiger partial charge in [0.25, 0.3) is 5.91 Å². The lowest BCUT2D eigenvalue weighted by Crippen LogP contribution is -2.14. The fourth-order valence-electron chi connectivity index (χ4n) is 2.98. The van der Waals surface area contributed by atoms with Gasteiger partial charge in [-0.15, -0.1) is 0 Å². The summed E-state index contributed by atoms with van der Waals surface area (Å²) < 4.78 is 0. The van der Waals surface area contributed by atoms with E-state index in [1.165, 1.54) is 0 Å². The highest BCUT2D eigenvalue weighted by Crippen LogP contribution is 2.29. The molecule has 24 heavy (non-hydrogen) atoms. The van der Waals surface area contributed by atoms with Crippen LogP contribution in [0.25, 0.3) is 0 Å². The van der Waals surface area contributed by atoms with Crippen LogP contribution in [-0.2, 0) is 11.2 Å². The van der Waals surface area contributed by atoms with E-state index in [1.807, 2.05) is 32.0 Å². The van der Waals surface area contributed by atoms with Crippen molar-refractivity contribution >= 4 is 34.8 Å². The van der Waals surface area contributed by atoms with Crippen LogP contribution in [0.15, 0.2) is 30.3 Å². The molecule has 124 valence electrons. The largest absolute Gasteiger partial charge is 0.326 e. The molecule has 0 saturated carbocycles. The van der Waals surface area contributed by atoms with Crippen LogP contribution in [0.2, 0.25) is 5.02 Å². The number of rotatable bonds is 2. The fraction of sp³-hybridized carbons (Fsp3) is 0.263. The average Bonchev–Trinajstić information content (AvgIpc) is 2.70. The van der Waals surface area contributed by atoms with Crippen molar-refractivity contribution in [3.05, 3.63) is 57.6 Å². The SMILES string of the molecule is Cc1cc(C)c(NC(=O)c2ccc3c(c2)CCCC(=O)N3)c(Cl)c1. The van der Waals surface area contributed by atoms with Crippen molar-refractivity contribution < 1.29 is 9.59 Å². The standard InChI is InChI=1S/C19H19ClN2O2/c1-11-8-12(2)18(15(20)9-11)22-19(24)14-6-7-16-13(10-14)4-3-5-17(23)21-16/h6-10H,3-5H2,1-2H3,(H,21,23)(H,22,24). The first-order valence-electron chi connectivity index (χ1n) is 7.95. The smallest absolute Gasteiger partial charge is 0.255 e. The zero-order valence-corrected chi connectivity index (χ0v) is 14.5. The van der Waals surface area contributed by atoms with Gasteiger partial charge in [-0.3, -0.25) is 9.59 Å². The Kier molecular flexibility index (Phi) is 4.58. The molecule has 1 aliphatic heterocycles. The van der Waals surface area contributed by atoms with Gasteiger partial charge in [-0.05, 0) is 67.6 Å². The van der Waals surface area contributed by atoms with Crippen molar-refractivity contribution in [2.45, 2.75) is 33.1 Å². The molecule has 5 heteroatoms. The summed E-state index contributed by atoms with van der Waals surface area (Å²) in [4.78, 5) is 24.2. The molecule has 2 aromatic carbocycles. The highest BCUT2D eigenvalue weighted by atomic mass is 35.5. The molecule has 0 saturated heterocycles. The van der Waals surface area contributed by atoms with E-state index >= 15 is 0 Å². The molecule has 0 unspecified atom stereocenters. The van der Waals surface area contributed by atoms with Crippen LogP contribution in [0.1, 0.15) is 39.9 Å². The van der Waals surface area contributed by atoms with Crippen LogP contribution in [0.4, 0.5) is 11.4 Å². The van der Waals surface area contributed by atoms with E-state index < -0.39 is 0 Å². The molecular formula is C19H19ClN2O2. The van der Waals surface area contributed by atoms with Crippen molar-refractivity contribution in [2.24, 2.45) is 0 Å². The Labute approximate surface area is 146 Å². The third kappa shape index (κ3) is 3.44. The molecule has 0 radical (unpaired) electrons. The van der Waals surface area contributed by atoms with Crippen LogP contribution in [-0.4, -0.2) is 11.8 Å². The third-order valence-electron chi connectivity index (χ3n) is 4.16. The number of halogens is 1. The fourth-order valence-corrected chi connectivity index (χ4v) is 3.34. The molecule has 2 aromatic rings. The first-order chi connectivity index (χ1) is 11.4. The molecule has 0 aliphatic carbocycles. The van der Waals surface area contributed by atoms with Gasteiger partial charge in [0.05, 0.1) is 10.7 Å². The maximum Gasteiger partial charge on any atom is 0.255 e. The predicted octanol–water partition coefficient (Wildman–Crippen LogP) is 4.48.